The Labute approximate surface area is 115 Å². The van der Waals surface area contributed by atoms with E-state index in [0.717, 1.165) is 0 Å². The Balaban J connectivity index is 2.44. The van der Waals surface area contributed by atoms with E-state index in [1.807, 2.05) is 6.07 Å². The number of hydrogen-bond donors (Lipinski definition) is 1. The maximum atomic E-state index is 10.7. The average molecular weight is 268 g/mol. The largest absolute Gasteiger partial charge is 0.393 e. The Hall–Kier alpha value is -3.07. The third-order valence-corrected chi connectivity index (χ3v) is 2.98. The van der Waals surface area contributed by atoms with Crippen LogP contribution in [0.4, 0.5) is 22.7 Å². The number of nitro groups is 1. The van der Waals surface area contributed by atoms with Crippen LogP contribution in [-0.2, 0) is 0 Å². The zero-order valence-electron chi connectivity index (χ0n) is 10.8. The van der Waals surface area contributed by atoms with Crippen molar-refractivity contribution in [3.63, 3.8) is 0 Å². The number of nitrogen functional groups attached to an aromatic ring is 1. The molecular weight excluding hydrogens is 256 g/mol. The van der Waals surface area contributed by atoms with Crippen LogP contribution in [0.3, 0.4) is 0 Å². The first-order valence-corrected chi connectivity index (χ1v) is 5.81. The maximum Gasteiger partial charge on any atom is 0.292 e. The molecular formula is C14H12N4O2. The Kier molecular flexibility index (Phi) is 3.53. The van der Waals surface area contributed by atoms with Gasteiger partial charge in [-0.05, 0) is 24.3 Å². The molecule has 20 heavy (non-hydrogen) atoms. The van der Waals surface area contributed by atoms with E-state index in [2.05, 4.69) is 6.07 Å². The van der Waals surface area contributed by atoms with Gasteiger partial charge in [0.05, 0.1) is 16.2 Å². The van der Waals surface area contributed by atoms with E-state index in [4.69, 9.17) is 11.0 Å². The number of nitriles is 1. The van der Waals surface area contributed by atoms with E-state index in [9.17, 15) is 10.1 Å². The highest BCUT2D eigenvalue weighted by Gasteiger charge is 2.14. The molecule has 0 aromatic heterocycles. The van der Waals surface area contributed by atoms with Crippen LogP contribution in [0, 0.1) is 21.4 Å². The van der Waals surface area contributed by atoms with Gasteiger partial charge in [-0.25, -0.2) is 0 Å². The fourth-order valence-electron chi connectivity index (χ4n) is 1.92. The van der Waals surface area contributed by atoms with Gasteiger partial charge in [-0.3, -0.25) is 10.1 Å². The van der Waals surface area contributed by atoms with Gasteiger partial charge in [-0.15, -0.1) is 0 Å². The number of nitrogens with two attached hydrogens (primary N) is 1. The van der Waals surface area contributed by atoms with Crippen LogP contribution in [0.15, 0.2) is 42.5 Å². The van der Waals surface area contributed by atoms with Crippen molar-refractivity contribution in [2.45, 2.75) is 0 Å². The van der Waals surface area contributed by atoms with E-state index in [1.54, 1.807) is 36.2 Å². The molecule has 2 aromatic rings. The van der Waals surface area contributed by atoms with E-state index in [0.29, 0.717) is 16.9 Å². The van der Waals surface area contributed by atoms with Crippen LogP contribution in [0.25, 0.3) is 0 Å². The third kappa shape index (κ3) is 2.37. The second-order valence-corrected chi connectivity index (χ2v) is 4.19. The predicted octanol–water partition coefficient (Wildman–Crippen LogP) is 2.82. The van der Waals surface area contributed by atoms with E-state index in [1.165, 1.54) is 12.1 Å². The lowest BCUT2D eigenvalue weighted by molar-refractivity contribution is -0.383. The van der Waals surface area contributed by atoms with Gasteiger partial charge in [0.25, 0.3) is 5.69 Å². The van der Waals surface area contributed by atoms with Gasteiger partial charge < -0.3 is 10.6 Å². The minimum atomic E-state index is -0.525. The molecule has 0 atom stereocenters. The molecule has 2 aromatic carbocycles. The number of anilines is 3. The van der Waals surface area contributed by atoms with Gasteiger partial charge in [-0.1, -0.05) is 12.1 Å². The van der Waals surface area contributed by atoms with Crippen LogP contribution in [-0.4, -0.2) is 12.0 Å². The summed E-state index contributed by atoms with van der Waals surface area (Å²) in [6.45, 7) is 0. The molecule has 0 unspecified atom stereocenters. The second-order valence-electron chi connectivity index (χ2n) is 4.19. The molecule has 6 nitrogen and oxygen atoms in total. The molecule has 0 saturated heterocycles. The van der Waals surface area contributed by atoms with Crippen LogP contribution in [0.1, 0.15) is 5.56 Å². The lowest BCUT2D eigenvalue weighted by atomic mass is 10.1. The lowest BCUT2D eigenvalue weighted by Crippen LogP contribution is -2.11. The number of hydrogen-bond acceptors (Lipinski definition) is 5. The highest BCUT2D eigenvalue weighted by atomic mass is 16.6. The predicted molar refractivity (Wildman–Crippen MR) is 76.7 cm³/mol. The Morgan fingerprint density at radius 2 is 2.00 bits per heavy atom. The summed E-state index contributed by atoms with van der Waals surface area (Å²) in [7, 11) is 1.77. The normalized spacial score (nSPS) is 9.80. The molecule has 0 bridgehead atoms. The van der Waals surface area contributed by atoms with Crippen LogP contribution in [0.5, 0.6) is 0 Å². The fourth-order valence-corrected chi connectivity index (χ4v) is 1.92. The van der Waals surface area contributed by atoms with Gasteiger partial charge in [0.1, 0.15) is 11.8 Å². The van der Waals surface area contributed by atoms with Crippen molar-refractivity contribution < 1.29 is 4.92 Å². The molecule has 2 N–H and O–H groups in total. The summed E-state index contributed by atoms with van der Waals surface area (Å²) < 4.78 is 0. The van der Waals surface area contributed by atoms with Gasteiger partial charge in [0.15, 0.2) is 0 Å². The molecule has 0 saturated carbocycles. The molecule has 0 amide bonds. The van der Waals surface area contributed by atoms with Crippen molar-refractivity contribution in [1.29, 1.82) is 5.26 Å². The summed E-state index contributed by atoms with van der Waals surface area (Å²) in [4.78, 5) is 12.0. The van der Waals surface area contributed by atoms with Crippen molar-refractivity contribution in [2.75, 3.05) is 17.7 Å². The number of para-hydroxylation sites is 1. The monoisotopic (exact) mass is 268 g/mol. The smallest absolute Gasteiger partial charge is 0.292 e. The topological polar surface area (TPSA) is 96.2 Å². The number of rotatable bonds is 3. The van der Waals surface area contributed by atoms with E-state index in [-0.39, 0.29) is 11.4 Å². The van der Waals surface area contributed by atoms with Gasteiger partial charge in [0.2, 0.25) is 0 Å². The SMILES string of the molecule is CN(c1ccc([N+](=O)[O-])c(N)c1)c1ccccc1C#N. The number of benzene rings is 2. The fraction of sp³-hybridized carbons (Fsp3) is 0.0714. The minimum Gasteiger partial charge on any atom is -0.393 e. The number of nitro benzene ring substituents is 1. The molecule has 0 heterocycles. The Bertz CT molecular complexity index is 707. The Morgan fingerprint density at radius 3 is 2.60 bits per heavy atom. The third-order valence-electron chi connectivity index (χ3n) is 2.98. The van der Waals surface area contributed by atoms with Crippen molar-refractivity contribution in [3.05, 3.63) is 58.1 Å². The number of nitrogens with zero attached hydrogens (tertiary/aromatic N) is 3. The highest BCUT2D eigenvalue weighted by Crippen LogP contribution is 2.31. The second kappa shape index (κ2) is 5.28. The standard InChI is InChI=1S/C14H12N4O2/c1-17(13-5-3-2-4-10(13)9-15)11-6-7-14(18(19)20)12(16)8-11/h2-8H,16H2,1H3. The first-order chi connectivity index (χ1) is 9.54. The molecule has 0 aliphatic heterocycles. The van der Waals surface area contributed by atoms with Crippen molar-refractivity contribution >= 4 is 22.7 Å². The summed E-state index contributed by atoms with van der Waals surface area (Å²) in [5.74, 6) is 0. The van der Waals surface area contributed by atoms with Crippen molar-refractivity contribution in [1.82, 2.24) is 0 Å². The summed E-state index contributed by atoms with van der Waals surface area (Å²) in [5.41, 5.74) is 7.55. The molecule has 2 rings (SSSR count). The van der Waals surface area contributed by atoms with Crippen LogP contribution in [0.2, 0.25) is 0 Å². The first-order valence-electron chi connectivity index (χ1n) is 5.81. The lowest BCUT2D eigenvalue weighted by Gasteiger charge is -2.20. The summed E-state index contributed by atoms with van der Waals surface area (Å²) in [6, 6.07) is 13.7. The molecule has 6 heteroatoms. The van der Waals surface area contributed by atoms with Crippen LogP contribution >= 0.6 is 0 Å². The molecule has 0 aliphatic carbocycles. The summed E-state index contributed by atoms with van der Waals surface area (Å²) in [5, 5.41) is 19.8. The summed E-state index contributed by atoms with van der Waals surface area (Å²) >= 11 is 0. The van der Waals surface area contributed by atoms with E-state index >= 15 is 0 Å². The average Bonchev–Trinajstić information content (AvgIpc) is 2.45. The van der Waals surface area contributed by atoms with Gasteiger partial charge >= 0.3 is 0 Å². The van der Waals surface area contributed by atoms with Crippen LogP contribution < -0.4 is 10.6 Å². The quantitative estimate of drug-likeness (QED) is 0.524. The first kappa shape index (κ1) is 13.4. The molecule has 0 aliphatic rings. The maximum absolute atomic E-state index is 10.7. The zero-order valence-corrected chi connectivity index (χ0v) is 10.8. The van der Waals surface area contributed by atoms with E-state index < -0.39 is 4.92 Å². The van der Waals surface area contributed by atoms with Crippen molar-refractivity contribution in [2.24, 2.45) is 0 Å². The Morgan fingerprint density at radius 1 is 1.30 bits per heavy atom. The molecule has 100 valence electrons. The highest BCUT2D eigenvalue weighted by molar-refractivity contribution is 5.73. The summed E-state index contributed by atoms with van der Waals surface area (Å²) in [6.07, 6.45) is 0. The minimum absolute atomic E-state index is 0.0915. The molecule has 0 spiro atoms. The van der Waals surface area contributed by atoms with Crippen molar-refractivity contribution in [3.8, 4) is 6.07 Å². The zero-order chi connectivity index (χ0) is 14.7. The molecule has 0 radical (unpaired) electrons. The molecule has 0 fully saturated rings. The van der Waals surface area contributed by atoms with Gasteiger partial charge in [-0.2, -0.15) is 5.26 Å². The van der Waals surface area contributed by atoms with Gasteiger partial charge in [0, 0.05) is 18.8 Å².